The second-order valence-corrected chi connectivity index (χ2v) is 6.16. The van der Waals surface area contributed by atoms with Gasteiger partial charge in [-0.05, 0) is 57.7 Å². The number of benzene rings is 1. The summed E-state index contributed by atoms with van der Waals surface area (Å²) in [5, 5.41) is 12.2. The van der Waals surface area contributed by atoms with Crippen LogP contribution in [-0.4, -0.2) is 22.6 Å². The Bertz CT molecular complexity index is 421. The van der Waals surface area contributed by atoms with Gasteiger partial charge in [-0.1, -0.05) is 12.1 Å². The standard InChI is InChI=1S/C16H26N2O2/c1-12(18-15(20)10-11-16(2,3)17)4-5-13-6-8-14(19)9-7-13/h6-9,12,19H,4-5,10-11,17H2,1-3H3,(H,18,20). The third-order valence-electron chi connectivity index (χ3n) is 3.21. The zero-order valence-electron chi connectivity index (χ0n) is 12.6. The van der Waals surface area contributed by atoms with Crippen LogP contribution in [-0.2, 0) is 11.2 Å². The Hall–Kier alpha value is -1.55. The summed E-state index contributed by atoms with van der Waals surface area (Å²) in [6.07, 6.45) is 2.91. The van der Waals surface area contributed by atoms with E-state index in [0.717, 1.165) is 18.4 Å². The number of aromatic hydroxyl groups is 1. The summed E-state index contributed by atoms with van der Waals surface area (Å²) in [4.78, 5) is 11.8. The number of carbonyl (C=O) groups excluding carboxylic acids is 1. The van der Waals surface area contributed by atoms with Crippen molar-refractivity contribution in [3.05, 3.63) is 29.8 Å². The lowest BCUT2D eigenvalue weighted by Gasteiger charge is -2.19. The molecule has 1 aromatic rings. The van der Waals surface area contributed by atoms with Crippen LogP contribution in [0.2, 0.25) is 0 Å². The van der Waals surface area contributed by atoms with Gasteiger partial charge in [0.2, 0.25) is 5.91 Å². The molecule has 1 rings (SSSR count). The average molecular weight is 278 g/mol. The van der Waals surface area contributed by atoms with Crippen LogP contribution in [0.5, 0.6) is 5.75 Å². The molecule has 4 nitrogen and oxygen atoms in total. The summed E-state index contributed by atoms with van der Waals surface area (Å²) in [5.41, 5.74) is 6.72. The number of aryl methyl sites for hydroxylation is 1. The molecule has 0 bridgehead atoms. The lowest BCUT2D eigenvalue weighted by molar-refractivity contribution is -0.122. The van der Waals surface area contributed by atoms with Crippen LogP contribution >= 0.6 is 0 Å². The number of amides is 1. The van der Waals surface area contributed by atoms with Crippen molar-refractivity contribution in [3.63, 3.8) is 0 Å². The zero-order valence-corrected chi connectivity index (χ0v) is 12.6. The maximum Gasteiger partial charge on any atom is 0.220 e. The molecule has 0 saturated carbocycles. The van der Waals surface area contributed by atoms with Crippen molar-refractivity contribution in [3.8, 4) is 5.75 Å². The molecular formula is C16H26N2O2. The van der Waals surface area contributed by atoms with E-state index in [0.29, 0.717) is 12.8 Å². The zero-order chi connectivity index (χ0) is 15.2. The summed E-state index contributed by atoms with van der Waals surface area (Å²) in [6.45, 7) is 5.86. The van der Waals surface area contributed by atoms with E-state index >= 15 is 0 Å². The van der Waals surface area contributed by atoms with Gasteiger partial charge in [-0.25, -0.2) is 0 Å². The molecule has 0 aliphatic rings. The quantitative estimate of drug-likeness (QED) is 0.716. The number of hydrogen-bond donors (Lipinski definition) is 3. The van der Waals surface area contributed by atoms with E-state index in [1.54, 1.807) is 12.1 Å². The fourth-order valence-electron chi connectivity index (χ4n) is 1.90. The van der Waals surface area contributed by atoms with Gasteiger partial charge in [0.25, 0.3) is 0 Å². The average Bonchev–Trinajstić information content (AvgIpc) is 2.35. The first kappa shape index (κ1) is 16.5. The van der Waals surface area contributed by atoms with E-state index in [2.05, 4.69) is 5.32 Å². The lowest BCUT2D eigenvalue weighted by atomic mass is 9.99. The SMILES string of the molecule is CC(CCc1ccc(O)cc1)NC(=O)CCC(C)(C)N. The van der Waals surface area contributed by atoms with E-state index in [-0.39, 0.29) is 23.2 Å². The Balaban J connectivity index is 2.27. The molecule has 1 atom stereocenters. The molecule has 4 N–H and O–H groups in total. The summed E-state index contributed by atoms with van der Waals surface area (Å²) in [7, 11) is 0. The van der Waals surface area contributed by atoms with Crippen LogP contribution in [0.25, 0.3) is 0 Å². The molecule has 20 heavy (non-hydrogen) atoms. The van der Waals surface area contributed by atoms with Crippen LogP contribution in [0.3, 0.4) is 0 Å². The number of nitrogens with two attached hydrogens (primary N) is 1. The number of phenols is 1. The molecule has 0 aliphatic heterocycles. The lowest BCUT2D eigenvalue weighted by Crippen LogP contribution is -2.37. The van der Waals surface area contributed by atoms with Gasteiger partial charge in [-0.15, -0.1) is 0 Å². The fourth-order valence-corrected chi connectivity index (χ4v) is 1.90. The van der Waals surface area contributed by atoms with E-state index in [4.69, 9.17) is 5.73 Å². The number of hydrogen-bond acceptors (Lipinski definition) is 3. The van der Waals surface area contributed by atoms with Crippen molar-refractivity contribution in [2.24, 2.45) is 5.73 Å². The molecule has 0 heterocycles. The van der Waals surface area contributed by atoms with E-state index in [1.165, 1.54) is 0 Å². The van der Waals surface area contributed by atoms with Gasteiger partial charge < -0.3 is 16.2 Å². The Labute approximate surface area is 121 Å². The van der Waals surface area contributed by atoms with Gasteiger partial charge in [0.15, 0.2) is 0 Å². The molecule has 0 fully saturated rings. The maximum atomic E-state index is 11.8. The molecule has 4 heteroatoms. The minimum atomic E-state index is -0.299. The highest BCUT2D eigenvalue weighted by atomic mass is 16.3. The number of rotatable bonds is 7. The minimum absolute atomic E-state index is 0.0572. The Morgan fingerprint density at radius 1 is 1.35 bits per heavy atom. The van der Waals surface area contributed by atoms with Gasteiger partial charge >= 0.3 is 0 Å². The second kappa shape index (κ2) is 7.29. The summed E-state index contributed by atoms with van der Waals surface area (Å²) in [5.74, 6) is 0.334. The van der Waals surface area contributed by atoms with Crippen LogP contribution in [0, 0.1) is 0 Å². The highest BCUT2D eigenvalue weighted by Gasteiger charge is 2.14. The molecule has 112 valence electrons. The molecule has 0 aliphatic carbocycles. The van der Waals surface area contributed by atoms with Crippen LogP contribution < -0.4 is 11.1 Å². The topological polar surface area (TPSA) is 75.3 Å². The molecular weight excluding hydrogens is 252 g/mol. The number of phenolic OH excluding ortho intramolecular Hbond substituents is 1. The normalized spacial score (nSPS) is 13.0. The third kappa shape index (κ3) is 7.14. The van der Waals surface area contributed by atoms with Gasteiger partial charge in [0, 0.05) is 18.0 Å². The van der Waals surface area contributed by atoms with Crippen molar-refractivity contribution >= 4 is 5.91 Å². The smallest absolute Gasteiger partial charge is 0.220 e. The monoisotopic (exact) mass is 278 g/mol. The van der Waals surface area contributed by atoms with Crippen LogP contribution in [0.4, 0.5) is 0 Å². The van der Waals surface area contributed by atoms with E-state index in [9.17, 15) is 9.90 Å². The Morgan fingerprint density at radius 3 is 2.50 bits per heavy atom. The van der Waals surface area contributed by atoms with Crippen LogP contribution in [0.1, 0.15) is 45.6 Å². The first-order valence-corrected chi connectivity index (χ1v) is 7.12. The summed E-state index contributed by atoms with van der Waals surface area (Å²) >= 11 is 0. The van der Waals surface area contributed by atoms with E-state index < -0.39 is 0 Å². The first-order chi connectivity index (χ1) is 9.26. The third-order valence-corrected chi connectivity index (χ3v) is 3.21. The minimum Gasteiger partial charge on any atom is -0.508 e. The molecule has 0 saturated heterocycles. The van der Waals surface area contributed by atoms with Gasteiger partial charge in [-0.3, -0.25) is 4.79 Å². The van der Waals surface area contributed by atoms with Gasteiger partial charge in [0.05, 0.1) is 0 Å². The number of nitrogens with one attached hydrogen (secondary N) is 1. The summed E-state index contributed by atoms with van der Waals surface area (Å²) < 4.78 is 0. The van der Waals surface area contributed by atoms with Crippen molar-refractivity contribution in [2.45, 2.75) is 58.0 Å². The predicted octanol–water partition coefficient (Wildman–Crippen LogP) is 2.35. The highest BCUT2D eigenvalue weighted by molar-refractivity contribution is 5.76. The maximum absolute atomic E-state index is 11.8. The highest BCUT2D eigenvalue weighted by Crippen LogP contribution is 2.12. The van der Waals surface area contributed by atoms with Crippen LogP contribution in [0.15, 0.2) is 24.3 Å². The van der Waals surface area contributed by atoms with Crippen molar-refractivity contribution in [1.82, 2.24) is 5.32 Å². The number of carbonyl (C=O) groups is 1. The Kier molecular flexibility index (Phi) is 6.02. The Morgan fingerprint density at radius 2 is 1.95 bits per heavy atom. The molecule has 1 amide bonds. The van der Waals surface area contributed by atoms with Gasteiger partial charge in [0.1, 0.15) is 5.75 Å². The van der Waals surface area contributed by atoms with E-state index in [1.807, 2.05) is 32.9 Å². The molecule has 1 aromatic carbocycles. The summed E-state index contributed by atoms with van der Waals surface area (Å²) in [6, 6.07) is 7.31. The van der Waals surface area contributed by atoms with Crippen molar-refractivity contribution in [1.29, 1.82) is 0 Å². The second-order valence-electron chi connectivity index (χ2n) is 6.16. The van der Waals surface area contributed by atoms with Gasteiger partial charge in [-0.2, -0.15) is 0 Å². The molecule has 0 aromatic heterocycles. The van der Waals surface area contributed by atoms with Crippen molar-refractivity contribution in [2.75, 3.05) is 0 Å². The molecule has 1 unspecified atom stereocenters. The molecule has 0 spiro atoms. The molecule has 0 radical (unpaired) electrons. The largest absolute Gasteiger partial charge is 0.508 e. The predicted molar refractivity (Wildman–Crippen MR) is 81.5 cm³/mol. The van der Waals surface area contributed by atoms with Crippen molar-refractivity contribution < 1.29 is 9.90 Å². The first-order valence-electron chi connectivity index (χ1n) is 7.12. The fraction of sp³-hybridized carbons (Fsp3) is 0.562.